The van der Waals surface area contributed by atoms with E-state index in [9.17, 15) is 22.8 Å². The van der Waals surface area contributed by atoms with E-state index in [0.29, 0.717) is 11.5 Å². The maximum absolute atomic E-state index is 12.8. The Morgan fingerprint density at radius 3 is 2.79 bits per heavy atom. The fourth-order valence-electron chi connectivity index (χ4n) is 3.70. The van der Waals surface area contributed by atoms with Gasteiger partial charge in [0.2, 0.25) is 11.8 Å². The molecule has 28 heavy (non-hydrogen) atoms. The predicted octanol–water partition coefficient (Wildman–Crippen LogP) is 2.59. The van der Waals surface area contributed by atoms with Gasteiger partial charge in [-0.05, 0) is 43.1 Å². The Bertz CT molecular complexity index is 714. The number of nitrogens with zero attached hydrogens (tertiary/aromatic N) is 1. The lowest BCUT2D eigenvalue weighted by Gasteiger charge is -2.31. The maximum Gasteiger partial charge on any atom is 0.416 e. The first kappa shape index (κ1) is 22.5. The van der Waals surface area contributed by atoms with Crippen LogP contribution >= 0.6 is 12.4 Å². The molecule has 3 rings (SSSR count). The highest BCUT2D eigenvalue weighted by atomic mass is 35.5. The first-order valence-corrected chi connectivity index (χ1v) is 9.19. The second-order valence-electron chi connectivity index (χ2n) is 7.46. The molecule has 1 aromatic rings. The highest BCUT2D eigenvalue weighted by Crippen LogP contribution is 2.30. The zero-order valence-electron chi connectivity index (χ0n) is 15.6. The summed E-state index contributed by atoms with van der Waals surface area (Å²) >= 11 is 0. The van der Waals surface area contributed by atoms with Gasteiger partial charge in [-0.15, -0.1) is 12.4 Å². The van der Waals surface area contributed by atoms with Crippen molar-refractivity contribution in [3.8, 4) is 0 Å². The summed E-state index contributed by atoms with van der Waals surface area (Å²) in [6.07, 6.45) is -3.47. The summed E-state index contributed by atoms with van der Waals surface area (Å²) in [5.41, 5.74) is -0.327. The van der Waals surface area contributed by atoms with Crippen LogP contribution in [0.25, 0.3) is 0 Å². The number of carbonyl (C=O) groups is 2. The van der Waals surface area contributed by atoms with Crippen molar-refractivity contribution in [2.75, 3.05) is 19.6 Å². The van der Waals surface area contributed by atoms with Gasteiger partial charge in [0.15, 0.2) is 0 Å². The highest BCUT2D eigenvalue weighted by molar-refractivity contribution is 5.89. The number of carbonyl (C=O) groups excluding carboxylic acids is 2. The highest BCUT2D eigenvalue weighted by Gasteiger charge is 2.36. The number of hydrogen-bond donors (Lipinski definition) is 2. The average Bonchev–Trinajstić information content (AvgIpc) is 2.97. The predicted molar refractivity (Wildman–Crippen MR) is 101 cm³/mol. The molecule has 0 spiro atoms. The molecule has 0 aliphatic carbocycles. The number of hydrogen-bond acceptors (Lipinski definition) is 3. The molecule has 5 nitrogen and oxygen atoms in total. The Morgan fingerprint density at radius 1 is 1.36 bits per heavy atom. The van der Waals surface area contributed by atoms with E-state index in [0.717, 1.165) is 31.6 Å². The lowest BCUT2D eigenvalue weighted by Crippen LogP contribution is -2.50. The van der Waals surface area contributed by atoms with Crippen LogP contribution < -0.4 is 10.6 Å². The van der Waals surface area contributed by atoms with Gasteiger partial charge < -0.3 is 15.5 Å². The number of alkyl halides is 3. The normalized spacial score (nSPS) is 25.4. The Labute approximate surface area is 168 Å². The molecule has 0 radical (unpaired) electrons. The first-order chi connectivity index (χ1) is 12.7. The third-order valence-corrected chi connectivity index (χ3v) is 5.33. The molecule has 2 N–H and O–H groups in total. The molecule has 3 atom stereocenters. The molecular weight excluding hydrogens is 395 g/mol. The Kier molecular flexibility index (Phi) is 7.33. The van der Waals surface area contributed by atoms with Crippen LogP contribution in [0.5, 0.6) is 0 Å². The standard InChI is InChI=1S/C19H24F3N3O2.ClH/c1-12-9-23-6-5-16(12)24-18(27)14-8-17(26)25(11-14)10-13-3-2-4-15(7-13)19(20,21)22;/h2-4,7,12,14,16,23H,5-6,8-11H2,1H3,(H,24,27);1H. The van der Waals surface area contributed by atoms with Gasteiger partial charge in [0.05, 0.1) is 11.5 Å². The van der Waals surface area contributed by atoms with Gasteiger partial charge in [-0.25, -0.2) is 0 Å². The monoisotopic (exact) mass is 419 g/mol. The van der Waals surface area contributed by atoms with Gasteiger partial charge in [0.25, 0.3) is 0 Å². The summed E-state index contributed by atoms with van der Waals surface area (Å²) in [6.45, 7) is 4.07. The van der Waals surface area contributed by atoms with Gasteiger partial charge in [0.1, 0.15) is 0 Å². The molecule has 2 amide bonds. The van der Waals surface area contributed by atoms with E-state index >= 15 is 0 Å². The van der Waals surface area contributed by atoms with Crippen molar-refractivity contribution in [1.29, 1.82) is 0 Å². The summed E-state index contributed by atoms with van der Waals surface area (Å²) in [7, 11) is 0. The molecule has 2 heterocycles. The number of amides is 2. The summed E-state index contributed by atoms with van der Waals surface area (Å²) in [5.74, 6) is -0.481. The van der Waals surface area contributed by atoms with E-state index in [-0.39, 0.29) is 49.8 Å². The second kappa shape index (κ2) is 9.13. The third kappa shape index (κ3) is 5.38. The largest absolute Gasteiger partial charge is 0.416 e. The van der Waals surface area contributed by atoms with Crippen molar-refractivity contribution >= 4 is 24.2 Å². The number of halogens is 4. The summed E-state index contributed by atoms with van der Waals surface area (Å²) in [5, 5.41) is 6.31. The van der Waals surface area contributed by atoms with E-state index in [1.54, 1.807) is 6.07 Å². The molecule has 2 fully saturated rings. The Balaban J connectivity index is 0.00000280. The van der Waals surface area contributed by atoms with Crippen LogP contribution in [0.4, 0.5) is 13.2 Å². The van der Waals surface area contributed by atoms with E-state index in [2.05, 4.69) is 17.6 Å². The smallest absolute Gasteiger partial charge is 0.353 e. The van der Waals surface area contributed by atoms with Gasteiger partial charge in [-0.2, -0.15) is 13.2 Å². The minimum absolute atomic E-state index is 0. The van der Waals surface area contributed by atoms with Gasteiger partial charge >= 0.3 is 6.18 Å². The van der Waals surface area contributed by atoms with Crippen LogP contribution in [0.2, 0.25) is 0 Å². The molecular formula is C19H25ClF3N3O2. The molecule has 156 valence electrons. The molecule has 0 bridgehead atoms. The molecule has 1 aromatic carbocycles. The van der Waals surface area contributed by atoms with Crippen LogP contribution in [0, 0.1) is 11.8 Å². The van der Waals surface area contributed by atoms with Gasteiger partial charge in [-0.1, -0.05) is 19.1 Å². The second-order valence-corrected chi connectivity index (χ2v) is 7.46. The first-order valence-electron chi connectivity index (χ1n) is 9.19. The van der Waals surface area contributed by atoms with Crippen molar-refractivity contribution in [2.45, 2.75) is 38.5 Å². The summed E-state index contributed by atoms with van der Waals surface area (Å²) in [4.78, 5) is 26.2. The van der Waals surface area contributed by atoms with Crippen LogP contribution in [-0.2, 0) is 22.3 Å². The van der Waals surface area contributed by atoms with E-state index < -0.39 is 17.7 Å². The van der Waals surface area contributed by atoms with Crippen LogP contribution in [0.3, 0.4) is 0 Å². The molecule has 0 aromatic heterocycles. The molecule has 3 unspecified atom stereocenters. The number of likely N-dealkylation sites (tertiary alicyclic amines) is 1. The maximum atomic E-state index is 12.8. The molecule has 2 saturated heterocycles. The average molecular weight is 420 g/mol. The summed E-state index contributed by atoms with van der Waals surface area (Å²) < 4.78 is 38.5. The number of benzene rings is 1. The molecule has 2 aliphatic rings. The van der Waals surface area contributed by atoms with Crippen molar-refractivity contribution in [3.63, 3.8) is 0 Å². The zero-order chi connectivity index (χ0) is 19.6. The van der Waals surface area contributed by atoms with Gasteiger partial charge in [0, 0.05) is 25.6 Å². The number of rotatable bonds is 4. The zero-order valence-corrected chi connectivity index (χ0v) is 16.4. The van der Waals surface area contributed by atoms with E-state index in [4.69, 9.17) is 0 Å². The molecule has 2 aliphatic heterocycles. The quantitative estimate of drug-likeness (QED) is 0.788. The van der Waals surface area contributed by atoms with E-state index in [1.807, 2.05) is 0 Å². The van der Waals surface area contributed by atoms with Gasteiger partial charge in [-0.3, -0.25) is 9.59 Å². The van der Waals surface area contributed by atoms with Crippen LogP contribution in [0.15, 0.2) is 24.3 Å². The number of piperidine rings is 1. The van der Waals surface area contributed by atoms with Crippen molar-refractivity contribution in [2.24, 2.45) is 11.8 Å². The molecule has 0 saturated carbocycles. The fourth-order valence-corrected chi connectivity index (χ4v) is 3.70. The fraction of sp³-hybridized carbons (Fsp3) is 0.579. The Morgan fingerprint density at radius 2 is 2.11 bits per heavy atom. The molecule has 9 heteroatoms. The van der Waals surface area contributed by atoms with Crippen molar-refractivity contribution in [1.82, 2.24) is 15.5 Å². The topological polar surface area (TPSA) is 61.4 Å². The minimum atomic E-state index is -4.42. The minimum Gasteiger partial charge on any atom is -0.353 e. The van der Waals surface area contributed by atoms with Crippen molar-refractivity contribution < 1.29 is 22.8 Å². The SMILES string of the molecule is CC1CNCCC1NC(=O)C1CC(=O)N(Cc2cccc(C(F)(F)F)c2)C1.Cl. The lowest BCUT2D eigenvalue weighted by atomic mass is 9.94. The van der Waals surface area contributed by atoms with Crippen LogP contribution in [0.1, 0.15) is 30.9 Å². The Hall–Kier alpha value is -1.80. The van der Waals surface area contributed by atoms with E-state index in [1.165, 1.54) is 11.0 Å². The lowest BCUT2D eigenvalue weighted by molar-refractivity contribution is -0.137. The number of nitrogens with one attached hydrogen (secondary N) is 2. The van der Waals surface area contributed by atoms with Crippen molar-refractivity contribution in [3.05, 3.63) is 35.4 Å². The van der Waals surface area contributed by atoms with Crippen LogP contribution in [-0.4, -0.2) is 42.4 Å². The third-order valence-electron chi connectivity index (χ3n) is 5.33. The summed E-state index contributed by atoms with van der Waals surface area (Å²) in [6, 6.07) is 5.04.